The molecule has 0 atom stereocenters. The van der Waals surface area contributed by atoms with Gasteiger partial charge in [-0.2, -0.15) is 13.2 Å². The van der Waals surface area contributed by atoms with Gasteiger partial charge in [0.25, 0.3) is 0 Å². The van der Waals surface area contributed by atoms with Crippen molar-refractivity contribution in [3.8, 4) is 17.2 Å². The average Bonchev–Trinajstić information content (AvgIpc) is 2.66. The van der Waals surface area contributed by atoms with Crippen LogP contribution in [-0.2, 0) is 22.1 Å². The summed E-state index contributed by atoms with van der Waals surface area (Å²) in [5.74, 6) is -0.559. The van der Waals surface area contributed by atoms with Gasteiger partial charge in [-0.1, -0.05) is 18.2 Å². The number of methoxy groups -OCH3 is 2. The van der Waals surface area contributed by atoms with E-state index in [-0.39, 0.29) is 35.8 Å². The van der Waals surface area contributed by atoms with Crippen molar-refractivity contribution in [1.29, 1.82) is 0 Å². The third-order valence-electron chi connectivity index (χ3n) is 3.85. The lowest BCUT2D eigenvalue weighted by Gasteiger charge is -2.12. The lowest BCUT2D eigenvalue weighted by atomic mass is 10.0. The molecule has 0 bridgehead atoms. The predicted octanol–water partition coefficient (Wildman–Crippen LogP) is 4.23. The number of halogens is 3. The monoisotopic (exact) mass is 396 g/mol. The number of hydrogen-bond acceptors (Lipinski definition) is 5. The van der Waals surface area contributed by atoms with E-state index < -0.39 is 17.7 Å². The van der Waals surface area contributed by atoms with Crippen molar-refractivity contribution in [3.63, 3.8) is 0 Å². The van der Waals surface area contributed by atoms with Crippen LogP contribution in [0.25, 0.3) is 6.08 Å². The van der Waals surface area contributed by atoms with E-state index in [4.69, 9.17) is 14.2 Å². The van der Waals surface area contributed by atoms with Gasteiger partial charge in [-0.3, -0.25) is 0 Å². The van der Waals surface area contributed by atoms with E-state index in [0.717, 1.165) is 12.1 Å². The number of hydrogen-bond donors (Lipinski definition) is 1. The van der Waals surface area contributed by atoms with E-state index in [1.165, 1.54) is 50.6 Å². The van der Waals surface area contributed by atoms with E-state index in [0.29, 0.717) is 5.56 Å². The van der Waals surface area contributed by atoms with Gasteiger partial charge in [-0.15, -0.1) is 0 Å². The van der Waals surface area contributed by atoms with Crippen molar-refractivity contribution in [3.05, 3.63) is 59.2 Å². The van der Waals surface area contributed by atoms with Crippen LogP contribution < -0.4 is 9.47 Å². The number of carbonyl (C=O) groups excluding carboxylic acids is 1. The fourth-order valence-electron chi connectivity index (χ4n) is 2.50. The Bertz CT molecular complexity index is 834. The number of esters is 1. The molecule has 0 aliphatic carbocycles. The molecule has 28 heavy (non-hydrogen) atoms. The van der Waals surface area contributed by atoms with Gasteiger partial charge in [0.2, 0.25) is 5.75 Å². The van der Waals surface area contributed by atoms with Crippen molar-refractivity contribution in [2.45, 2.75) is 12.6 Å². The van der Waals surface area contributed by atoms with Crippen LogP contribution in [0, 0.1) is 0 Å². The van der Waals surface area contributed by atoms with Crippen LogP contribution in [-0.4, -0.2) is 31.9 Å². The van der Waals surface area contributed by atoms with Crippen molar-refractivity contribution < 1.29 is 37.3 Å². The number of phenolic OH excluding ortho intramolecular Hbond substituents is 1. The first-order chi connectivity index (χ1) is 13.3. The first-order valence-corrected chi connectivity index (χ1v) is 8.21. The van der Waals surface area contributed by atoms with Crippen molar-refractivity contribution in [1.82, 2.24) is 0 Å². The largest absolute Gasteiger partial charge is 0.502 e. The summed E-state index contributed by atoms with van der Waals surface area (Å²) in [5.41, 5.74) is -0.185. The van der Waals surface area contributed by atoms with Gasteiger partial charge in [-0.25, -0.2) is 4.79 Å². The van der Waals surface area contributed by atoms with Gasteiger partial charge >= 0.3 is 12.1 Å². The molecule has 0 amide bonds. The summed E-state index contributed by atoms with van der Waals surface area (Å²) in [6.07, 6.45) is -1.98. The minimum absolute atomic E-state index is 0.0554. The Balaban J connectivity index is 1.99. The van der Waals surface area contributed by atoms with Crippen LogP contribution >= 0.6 is 0 Å². The quantitative estimate of drug-likeness (QED) is 0.561. The Kier molecular flexibility index (Phi) is 6.92. The number of ether oxygens (including phenoxy) is 3. The molecule has 5 nitrogen and oxygen atoms in total. The van der Waals surface area contributed by atoms with E-state index in [2.05, 4.69) is 0 Å². The highest BCUT2D eigenvalue weighted by molar-refractivity contribution is 5.87. The molecule has 0 radical (unpaired) electrons. The first kappa shape index (κ1) is 21.1. The summed E-state index contributed by atoms with van der Waals surface area (Å²) < 4.78 is 53.8. The zero-order valence-corrected chi connectivity index (χ0v) is 15.2. The predicted molar refractivity (Wildman–Crippen MR) is 96.4 cm³/mol. The van der Waals surface area contributed by atoms with Crippen molar-refractivity contribution in [2.75, 3.05) is 20.8 Å². The van der Waals surface area contributed by atoms with Gasteiger partial charge in [0.05, 0.1) is 26.4 Å². The Morgan fingerprint density at radius 2 is 1.71 bits per heavy atom. The summed E-state index contributed by atoms with van der Waals surface area (Å²) >= 11 is 0. The highest BCUT2D eigenvalue weighted by Crippen LogP contribution is 2.37. The molecule has 0 aliphatic heterocycles. The number of carbonyl (C=O) groups is 1. The Morgan fingerprint density at radius 3 is 2.29 bits per heavy atom. The smallest absolute Gasteiger partial charge is 0.416 e. The lowest BCUT2D eigenvalue weighted by Crippen LogP contribution is -2.12. The zero-order chi connectivity index (χ0) is 20.7. The summed E-state index contributed by atoms with van der Waals surface area (Å²) in [7, 11) is 2.74. The standard InChI is InChI=1S/C20H19F3O5/c1-26-16-11-13(12-17(27-2)19(16)25)7-8-18(24)28-10-9-14-5-3-4-6-15(14)20(21,22)23/h3-8,11-12,25H,9-10H2,1-2H3/b8-7+. The third-order valence-corrected chi connectivity index (χ3v) is 3.85. The second-order valence-electron chi connectivity index (χ2n) is 5.68. The zero-order valence-electron chi connectivity index (χ0n) is 15.2. The highest BCUT2D eigenvalue weighted by Gasteiger charge is 2.32. The van der Waals surface area contributed by atoms with Crippen LogP contribution in [0.4, 0.5) is 13.2 Å². The molecule has 0 unspecified atom stereocenters. The van der Waals surface area contributed by atoms with Crippen LogP contribution in [0.1, 0.15) is 16.7 Å². The second kappa shape index (κ2) is 9.16. The van der Waals surface area contributed by atoms with Gasteiger partial charge < -0.3 is 19.3 Å². The number of benzene rings is 2. The van der Waals surface area contributed by atoms with Crippen molar-refractivity contribution in [2.24, 2.45) is 0 Å². The van der Waals surface area contributed by atoms with Crippen LogP contribution in [0.15, 0.2) is 42.5 Å². The summed E-state index contributed by atoms with van der Waals surface area (Å²) in [4.78, 5) is 11.8. The van der Waals surface area contributed by atoms with E-state index in [1.54, 1.807) is 0 Å². The highest BCUT2D eigenvalue weighted by atomic mass is 19.4. The Hall–Kier alpha value is -3.16. The maximum atomic E-state index is 12.9. The van der Waals surface area contributed by atoms with E-state index >= 15 is 0 Å². The normalized spacial score (nSPS) is 11.5. The Labute approximate surface area is 160 Å². The SMILES string of the molecule is COc1cc(/C=C/C(=O)OCCc2ccccc2C(F)(F)F)cc(OC)c1O. The fourth-order valence-corrected chi connectivity index (χ4v) is 2.50. The van der Waals surface area contributed by atoms with Crippen LogP contribution in [0.5, 0.6) is 17.2 Å². The summed E-state index contributed by atoms with van der Waals surface area (Å²) in [6, 6.07) is 8.12. The average molecular weight is 396 g/mol. The summed E-state index contributed by atoms with van der Waals surface area (Å²) in [5, 5.41) is 9.85. The minimum atomic E-state index is -4.46. The molecular weight excluding hydrogens is 377 g/mol. The molecule has 8 heteroatoms. The molecule has 2 aromatic rings. The number of aromatic hydroxyl groups is 1. The van der Waals surface area contributed by atoms with E-state index in [9.17, 15) is 23.1 Å². The van der Waals surface area contributed by atoms with Gasteiger partial charge in [0, 0.05) is 12.5 Å². The van der Waals surface area contributed by atoms with Gasteiger partial charge in [-0.05, 0) is 35.4 Å². The van der Waals surface area contributed by atoms with Gasteiger partial charge in [0.1, 0.15) is 0 Å². The number of phenols is 1. The van der Waals surface area contributed by atoms with Crippen LogP contribution in [0.2, 0.25) is 0 Å². The molecule has 0 saturated carbocycles. The molecule has 0 aromatic heterocycles. The number of alkyl halides is 3. The molecule has 1 N–H and O–H groups in total. The second-order valence-corrected chi connectivity index (χ2v) is 5.68. The van der Waals surface area contributed by atoms with E-state index in [1.807, 2.05) is 0 Å². The molecule has 2 rings (SSSR count). The molecule has 150 valence electrons. The molecule has 0 heterocycles. The Morgan fingerprint density at radius 1 is 1.11 bits per heavy atom. The molecule has 0 saturated heterocycles. The topological polar surface area (TPSA) is 65.0 Å². The fraction of sp³-hybridized carbons (Fsp3) is 0.250. The maximum Gasteiger partial charge on any atom is 0.416 e. The lowest BCUT2D eigenvalue weighted by molar-refractivity contribution is -0.138. The molecule has 0 spiro atoms. The molecule has 0 aliphatic rings. The summed E-state index contributed by atoms with van der Waals surface area (Å²) in [6.45, 7) is -0.196. The van der Waals surface area contributed by atoms with Crippen molar-refractivity contribution >= 4 is 12.0 Å². The molecular formula is C20H19F3O5. The molecule has 2 aromatic carbocycles. The number of rotatable bonds is 7. The first-order valence-electron chi connectivity index (χ1n) is 8.21. The minimum Gasteiger partial charge on any atom is -0.502 e. The van der Waals surface area contributed by atoms with Crippen LogP contribution in [0.3, 0.4) is 0 Å². The molecule has 0 fully saturated rings. The third kappa shape index (κ3) is 5.42. The van der Waals surface area contributed by atoms with Gasteiger partial charge in [0.15, 0.2) is 11.5 Å². The maximum absolute atomic E-state index is 12.9.